The molecule has 0 aromatic heterocycles. The number of halogens is 2. The van der Waals surface area contributed by atoms with Crippen molar-refractivity contribution in [1.29, 1.82) is 0 Å². The van der Waals surface area contributed by atoms with Crippen LogP contribution in [0.5, 0.6) is 11.5 Å². The summed E-state index contributed by atoms with van der Waals surface area (Å²) in [5.41, 5.74) is 7.61. The zero-order valence-corrected chi connectivity index (χ0v) is 12.1. The summed E-state index contributed by atoms with van der Waals surface area (Å²) in [6.07, 6.45) is 0.749. The van der Waals surface area contributed by atoms with Crippen molar-refractivity contribution in [3.8, 4) is 11.5 Å². The Kier molecular flexibility index (Phi) is 4.70. The minimum atomic E-state index is 0.567. The summed E-state index contributed by atoms with van der Waals surface area (Å²) in [5, 5.41) is 1.36. The van der Waals surface area contributed by atoms with Crippen LogP contribution < -0.4 is 10.5 Å². The van der Waals surface area contributed by atoms with Crippen molar-refractivity contribution in [2.45, 2.75) is 13.3 Å². The second-order valence-electron chi connectivity index (χ2n) is 4.30. The molecule has 0 bridgehead atoms. The third-order valence-electron chi connectivity index (χ3n) is 2.80. The lowest BCUT2D eigenvalue weighted by Crippen LogP contribution is -2.04. The molecule has 100 valence electrons. The maximum Gasteiger partial charge on any atom is 0.132 e. The highest BCUT2D eigenvalue weighted by Gasteiger charge is 2.07. The first-order valence-corrected chi connectivity index (χ1v) is 6.78. The van der Waals surface area contributed by atoms with Gasteiger partial charge in [-0.3, -0.25) is 0 Å². The fourth-order valence-corrected chi connectivity index (χ4v) is 2.07. The minimum absolute atomic E-state index is 0.567. The first-order chi connectivity index (χ1) is 9.10. The van der Waals surface area contributed by atoms with E-state index in [0.717, 1.165) is 34.1 Å². The number of benzene rings is 2. The monoisotopic (exact) mass is 295 g/mol. The van der Waals surface area contributed by atoms with E-state index in [2.05, 4.69) is 0 Å². The molecule has 4 heteroatoms. The van der Waals surface area contributed by atoms with Crippen molar-refractivity contribution < 1.29 is 4.74 Å². The van der Waals surface area contributed by atoms with Crippen LogP contribution in [0.3, 0.4) is 0 Å². The molecule has 0 atom stereocenters. The van der Waals surface area contributed by atoms with Crippen LogP contribution in [0.2, 0.25) is 10.0 Å². The topological polar surface area (TPSA) is 35.2 Å². The van der Waals surface area contributed by atoms with Crippen LogP contribution in [-0.2, 0) is 6.42 Å². The normalized spacial score (nSPS) is 10.5. The number of aryl methyl sites for hydroxylation is 1. The molecular weight excluding hydrogens is 281 g/mol. The van der Waals surface area contributed by atoms with E-state index < -0.39 is 0 Å². The summed E-state index contributed by atoms with van der Waals surface area (Å²) in [5.74, 6) is 1.47. The highest BCUT2D eigenvalue weighted by molar-refractivity contribution is 6.31. The SMILES string of the molecule is Cc1cc(Oc2cc(Cl)ccc2CCN)ccc1Cl. The van der Waals surface area contributed by atoms with Gasteiger partial charge in [-0.2, -0.15) is 0 Å². The number of ether oxygens (including phenoxy) is 1. The number of hydrogen-bond acceptors (Lipinski definition) is 2. The summed E-state index contributed by atoms with van der Waals surface area (Å²) < 4.78 is 5.88. The Morgan fingerprint density at radius 1 is 1.11 bits per heavy atom. The standard InChI is InChI=1S/C15H15Cl2NO/c1-10-8-13(4-5-14(10)17)19-15-9-12(16)3-2-11(15)6-7-18/h2-5,8-9H,6-7,18H2,1H3. The van der Waals surface area contributed by atoms with Crippen LogP contribution in [0.15, 0.2) is 36.4 Å². The van der Waals surface area contributed by atoms with Crippen LogP contribution in [0.1, 0.15) is 11.1 Å². The molecule has 2 N–H and O–H groups in total. The van der Waals surface area contributed by atoms with E-state index in [9.17, 15) is 0 Å². The summed E-state index contributed by atoms with van der Waals surface area (Å²) in [7, 11) is 0. The van der Waals surface area contributed by atoms with E-state index in [1.54, 1.807) is 6.07 Å². The smallest absolute Gasteiger partial charge is 0.132 e. The molecule has 0 saturated carbocycles. The largest absolute Gasteiger partial charge is 0.457 e. The Morgan fingerprint density at radius 2 is 1.89 bits per heavy atom. The lowest BCUT2D eigenvalue weighted by molar-refractivity contribution is 0.476. The summed E-state index contributed by atoms with van der Waals surface area (Å²) in [6, 6.07) is 11.1. The Bertz CT molecular complexity index is 584. The van der Waals surface area contributed by atoms with Gasteiger partial charge in [0.05, 0.1) is 0 Å². The zero-order chi connectivity index (χ0) is 13.8. The lowest BCUT2D eigenvalue weighted by atomic mass is 10.1. The molecule has 0 aliphatic heterocycles. The molecule has 0 radical (unpaired) electrons. The van der Waals surface area contributed by atoms with E-state index in [4.69, 9.17) is 33.7 Å². The minimum Gasteiger partial charge on any atom is -0.457 e. The van der Waals surface area contributed by atoms with Gasteiger partial charge in [0.15, 0.2) is 0 Å². The molecule has 0 saturated heterocycles. The third kappa shape index (κ3) is 3.63. The molecule has 0 heterocycles. The van der Waals surface area contributed by atoms with Crippen LogP contribution in [0.25, 0.3) is 0 Å². The van der Waals surface area contributed by atoms with Gasteiger partial charge in [0, 0.05) is 10.0 Å². The Hall–Kier alpha value is -1.22. The summed E-state index contributed by atoms with van der Waals surface area (Å²) in [4.78, 5) is 0. The van der Waals surface area contributed by atoms with Crippen molar-refractivity contribution >= 4 is 23.2 Å². The van der Waals surface area contributed by atoms with Gasteiger partial charge in [-0.05, 0) is 61.3 Å². The van der Waals surface area contributed by atoms with Gasteiger partial charge in [-0.25, -0.2) is 0 Å². The highest BCUT2D eigenvalue weighted by atomic mass is 35.5. The van der Waals surface area contributed by atoms with E-state index >= 15 is 0 Å². The molecule has 0 unspecified atom stereocenters. The van der Waals surface area contributed by atoms with Crippen LogP contribution in [0, 0.1) is 6.92 Å². The molecule has 19 heavy (non-hydrogen) atoms. The van der Waals surface area contributed by atoms with Crippen LogP contribution in [-0.4, -0.2) is 6.54 Å². The van der Waals surface area contributed by atoms with Gasteiger partial charge in [0.1, 0.15) is 11.5 Å². The van der Waals surface area contributed by atoms with Gasteiger partial charge in [0.25, 0.3) is 0 Å². The fraction of sp³-hybridized carbons (Fsp3) is 0.200. The number of hydrogen-bond donors (Lipinski definition) is 1. The Labute approximate surface area is 123 Å². The summed E-state index contributed by atoms with van der Waals surface area (Å²) in [6.45, 7) is 2.51. The lowest BCUT2D eigenvalue weighted by Gasteiger charge is -2.12. The van der Waals surface area contributed by atoms with Gasteiger partial charge >= 0.3 is 0 Å². The molecular formula is C15H15Cl2NO. The molecule has 2 rings (SSSR count). The quantitative estimate of drug-likeness (QED) is 0.895. The summed E-state index contributed by atoms with van der Waals surface area (Å²) >= 11 is 12.0. The zero-order valence-electron chi connectivity index (χ0n) is 10.6. The number of nitrogens with two attached hydrogens (primary N) is 1. The first kappa shape index (κ1) is 14.2. The number of rotatable bonds is 4. The van der Waals surface area contributed by atoms with E-state index in [0.29, 0.717) is 11.6 Å². The molecule has 2 aromatic rings. The molecule has 0 fully saturated rings. The van der Waals surface area contributed by atoms with Gasteiger partial charge in [-0.1, -0.05) is 29.3 Å². The van der Waals surface area contributed by atoms with Crippen molar-refractivity contribution in [1.82, 2.24) is 0 Å². The van der Waals surface area contributed by atoms with Crippen molar-refractivity contribution in [2.24, 2.45) is 5.73 Å². The Morgan fingerprint density at radius 3 is 2.58 bits per heavy atom. The molecule has 2 nitrogen and oxygen atoms in total. The van der Waals surface area contributed by atoms with E-state index in [1.807, 2.05) is 37.3 Å². The van der Waals surface area contributed by atoms with E-state index in [1.165, 1.54) is 0 Å². The maximum absolute atomic E-state index is 6.01. The second kappa shape index (κ2) is 6.29. The second-order valence-corrected chi connectivity index (χ2v) is 5.15. The third-order valence-corrected chi connectivity index (χ3v) is 3.46. The van der Waals surface area contributed by atoms with Crippen molar-refractivity contribution in [3.05, 3.63) is 57.6 Å². The maximum atomic E-state index is 6.01. The van der Waals surface area contributed by atoms with Gasteiger partial charge in [0.2, 0.25) is 0 Å². The van der Waals surface area contributed by atoms with Crippen molar-refractivity contribution in [2.75, 3.05) is 6.54 Å². The van der Waals surface area contributed by atoms with Crippen molar-refractivity contribution in [3.63, 3.8) is 0 Å². The van der Waals surface area contributed by atoms with Crippen LogP contribution >= 0.6 is 23.2 Å². The molecule has 2 aromatic carbocycles. The molecule has 0 aliphatic rings. The predicted molar refractivity (Wildman–Crippen MR) is 80.5 cm³/mol. The Balaban J connectivity index is 2.30. The first-order valence-electron chi connectivity index (χ1n) is 6.02. The average molecular weight is 296 g/mol. The van der Waals surface area contributed by atoms with Gasteiger partial charge in [-0.15, -0.1) is 0 Å². The van der Waals surface area contributed by atoms with Crippen LogP contribution in [0.4, 0.5) is 0 Å². The predicted octanol–water partition coefficient (Wildman–Crippen LogP) is 4.60. The molecule has 0 amide bonds. The fourth-order valence-electron chi connectivity index (χ4n) is 1.79. The highest BCUT2D eigenvalue weighted by Crippen LogP contribution is 2.30. The molecule has 0 spiro atoms. The molecule has 0 aliphatic carbocycles. The van der Waals surface area contributed by atoms with Gasteiger partial charge < -0.3 is 10.5 Å². The van der Waals surface area contributed by atoms with E-state index in [-0.39, 0.29) is 0 Å². The average Bonchev–Trinajstić information content (AvgIpc) is 2.37.